The van der Waals surface area contributed by atoms with Gasteiger partial charge in [0, 0.05) is 0 Å². The average molecular weight is 243 g/mol. The van der Waals surface area contributed by atoms with E-state index in [0.29, 0.717) is 5.56 Å². The molecule has 3 heteroatoms. The minimum atomic E-state index is -0.976. The molecule has 0 aromatic heterocycles. The fourth-order valence-electron chi connectivity index (χ4n) is 0.763. The van der Waals surface area contributed by atoms with Gasteiger partial charge in [0.1, 0.15) is 0 Å². The SMILES string of the molecule is C=C(C(=O)O)c1ccccc1.CBr. The van der Waals surface area contributed by atoms with Crippen molar-refractivity contribution >= 4 is 27.5 Å². The average Bonchev–Trinajstić information content (AvgIpc) is 2.21. The van der Waals surface area contributed by atoms with Crippen LogP contribution >= 0.6 is 15.9 Å². The number of carboxylic acids is 1. The number of hydrogen-bond acceptors (Lipinski definition) is 1. The van der Waals surface area contributed by atoms with Crippen LogP contribution in [0.4, 0.5) is 0 Å². The first kappa shape index (κ1) is 11.9. The van der Waals surface area contributed by atoms with Crippen LogP contribution in [0.2, 0.25) is 0 Å². The van der Waals surface area contributed by atoms with Crippen molar-refractivity contribution in [3.63, 3.8) is 0 Å². The highest BCUT2D eigenvalue weighted by atomic mass is 79.9. The Morgan fingerprint density at radius 3 is 2.15 bits per heavy atom. The quantitative estimate of drug-likeness (QED) is 0.640. The van der Waals surface area contributed by atoms with Crippen molar-refractivity contribution < 1.29 is 9.90 Å². The Labute approximate surface area is 86.0 Å². The number of halogens is 1. The molecule has 0 heterocycles. The van der Waals surface area contributed by atoms with Crippen molar-refractivity contribution in [2.45, 2.75) is 0 Å². The molecule has 13 heavy (non-hydrogen) atoms. The molecule has 0 saturated carbocycles. The number of alkyl halides is 1. The van der Waals surface area contributed by atoms with Gasteiger partial charge in [-0.3, -0.25) is 0 Å². The molecule has 0 aliphatic heterocycles. The monoisotopic (exact) mass is 242 g/mol. The largest absolute Gasteiger partial charge is 0.478 e. The summed E-state index contributed by atoms with van der Waals surface area (Å²) in [6, 6.07) is 8.83. The maximum absolute atomic E-state index is 10.4. The maximum Gasteiger partial charge on any atom is 0.335 e. The van der Waals surface area contributed by atoms with Gasteiger partial charge in [0.05, 0.1) is 5.57 Å². The molecule has 0 spiro atoms. The zero-order chi connectivity index (χ0) is 10.3. The number of benzene rings is 1. The van der Waals surface area contributed by atoms with Gasteiger partial charge >= 0.3 is 5.97 Å². The molecule has 0 bridgehead atoms. The van der Waals surface area contributed by atoms with Crippen molar-refractivity contribution in [2.24, 2.45) is 0 Å². The molecule has 1 aromatic carbocycles. The second-order valence-corrected chi connectivity index (χ2v) is 2.15. The molecule has 0 aliphatic rings. The van der Waals surface area contributed by atoms with Crippen molar-refractivity contribution in [2.75, 3.05) is 5.83 Å². The van der Waals surface area contributed by atoms with Gasteiger partial charge < -0.3 is 5.11 Å². The summed E-state index contributed by atoms with van der Waals surface area (Å²) in [5.41, 5.74) is 0.783. The minimum Gasteiger partial charge on any atom is -0.478 e. The van der Waals surface area contributed by atoms with Crippen molar-refractivity contribution in [3.05, 3.63) is 42.5 Å². The first-order valence-corrected chi connectivity index (χ1v) is 5.16. The number of rotatable bonds is 2. The minimum absolute atomic E-state index is 0.130. The third-order valence-corrected chi connectivity index (χ3v) is 1.38. The summed E-state index contributed by atoms with van der Waals surface area (Å²) < 4.78 is 0. The van der Waals surface area contributed by atoms with Gasteiger partial charge in [-0.1, -0.05) is 52.8 Å². The van der Waals surface area contributed by atoms with Crippen molar-refractivity contribution in [1.29, 1.82) is 0 Å². The van der Waals surface area contributed by atoms with Crippen LogP contribution in [0.3, 0.4) is 0 Å². The van der Waals surface area contributed by atoms with E-state index in [4.69, 9.17) is 5.11 Å². The summed E-state index contributed by atoms with van der Waals surface area (Å²) in [5.74, 6) is 0.837. The molecule has 0 unspecified atom stereocenters. The van der Waals surface area contributed by atoms with Gasteiger partial charge in [-0.25, -0.2) is 4.79 Å². The Kier molecular flexibility index (Phi) is 5.89. The Morgan fingerprint density at radius 1 is 1.31 bits per heavy atom. The van der Waals surface area contributed by atoms with Crippen molar-refractivity contribution in [3.8, 4) is 0 Å². The normalized spacial score (nSPS) is 8.15. The fourth-order valence-corrected chi connectivity index (χ4v) is 0.763. The lowest BCUT2D eigenvalue weighted by Gasteiger charge is -1.97. The third kappa shape index (κ3) is 3.90. The van der Waals surface area contributed by atoms with Crippen LogP contribution in [-0.2, 0) is 4.79 Å². The molecule has 70 valence electrons. The first-order valence-electron chi connectivity index (χ1n) is 3.57. The van der Waals surface area contributed by atoms with E-state index in [-0.39, 0.29) is 5.57 Å². The number of hydrogen-bond donors (Lipinski definition) is 1. The highest BCUT2D eigenvalue weighted by Gasteiger charge is 2.04. The lowest BCUT2D eigenvalue weighted by atomic mass is 10.1. The van der Waals surface area contributed by atoms with Crippen LogP contribution in [0.25, 0.3) is 5.57 Å². The first-order chi connectivity index (χ1) is 6.22. The molecule has 0 fully saturated rings. The predicted octanol–water partition coefficient (Wildman–Crippen LogP) is 2.80. The van der Waals surface area contributed by atoms with E-state index in [1.165, 1.54) is 0 Å². The topological polar surface area (TPSA) is 37.3 Å². The second-order valence-electron chi connectivity index (χ2n) is 2.15. The molecule has 0 radical (unpaired) electrons. The van der Waals surface area contributed by atoms with Crippen molar-refractivity contribution in [1.82, 2.24) is 0 Å². The van der Waals surface area contributed by atoms with Gasteiger partial charge in [0.15, 0.2) is 0 Å². The second kappa shape index (κ2) is 6.43. The van der Waals surface area contributed by atoms with Gasteiger partial charge in [0.2, 0.25) is 0 Å². The summed E-state index contributed by atoms with van der Waals surface area (Å²) in [4.78, 5) is 10.4. The van der Waals surface area contributed by atoms with Crippen LogP contribution in [0, 0.1) is 0 Å². The maximum atomic E-state index is 10.4. The Bertz CT molecular complexity index is 280. The lowest BCUT2D eigenvalue weighted by Crippen LogP contribution is -1.96. The van der Waals surface area contributed by atoms with E-state index in [0.717, 1.165) is 0 Å². The zero-order valence-electron chi connectivity index (χ0n) is 7.33. The summed E-state index contributed by atoms with van der Waals surface area (Å²) >= 11 is 2.94. The number of carbonyl (C=O) groups is 1. The molecular formula is C10H11BrO2. The predicted molar refractivity (Wildman–Crippen MR) is 58.0 cm³/mol. The molecule has 2 nitrogen and oxygen atoms in total. The van der Waals surface area contributed by atoms with Gasteiger partial charge in [-0.05, 0) is 11.4 Å². The highest BCUT2D eigenvalue weighted by molar-refractivity contribution is 9.08. The molecule has 0 aliphatic carbocycles. The molecular weight excluding hydrogens is 232 g/mol. The molecule has 0 atom stereocenters. The third-order valence-electron chi connectivity index (χ3n) is 1.38. The van der Waals surface area contributed by atoms with E-state index in [1.807, 2.05) is 11.9 Å². The molecule has 1 N–H and O–H groups in total. The summed E-state index contributed by atoms with van der Waals surface area (Å²) in [6.07, 6.45) is 0. The Morgan fingerprint density at radius 2 is 1.77 bits per heavy atom. The fraction of sp³-hybridized carbons (Fsp3) is 0.100. The zero-order valence-corrected chi connectivity index (χ0v) is 8.91. The Balaban J connectivity index is 0.000000671. The van der Waals surface area contributed by atoms with E-state index in [2.05, 4.69) is 22.5 Å². The Hall–Kier alpha value is -1.09. The number of carboxylic acid groups (broad SMARTS) is 1. The summed E-state index contributed by atoms with van der Waals surface area (Å²) in [6.45, 7) is 3.42. The number of aliphatic carboxylic acids is 1. The summed E-state index contributed by atoms with van der Waals surface area (Å²) in [7, 11) is 0. The van der Waals surface area contributed by atoms with Crippen LogP contribution in [-0.4, -0.2) is 16.9 Å². The lowest BCUT2D eigenvalue weighted by molar-refractivity contribution is -0.130. The van der Waals surface area contributed by atoms with E-state index < -0.39 is 5.97 Å². The summed E-state index contributed by atoms with van der Waals surface area (Å²) in [5, 5.41) is 8.54. The van der Waals surface area contributed by atoms with E-state index in [1.54, 1.807) is 24.3 Å². The van der Waals surface area contributed by atoms with Gasteiger partial charge in [-0.15, -0.1) is 0 Å². The van der Waals surface area contributed by atoms with Crippen LogP contribution < -0.4 is 0 Å². The van der Waals surface area contributed by atoms with Crippen LogP contribution in [0.15, 0.2) is 36.9 Å². The van der Waals surface area contributed by atoms with Crippen LogP contribution in [0.1, 0.15) is 5.56 Å². The molecule has 1 rings (SSSR count). The standard InChI is InChI=1S/C9H8O2.CH3Br/c1-7(9(10)11)8-5-3-2-4-6-8;1-2/h2-6H,1H2,(H,10,11);1H3. The highest BCUT2D eigenvalue weighted by Crippen LogP contribution is 2.10. The van der Waals surface area contributed by atoms with E-state index in [9.17, 15) is 4.79 Å². The smallest absolute Gasteiger partial charge is 0.335 e. The molecule has 1 aromatic rings. The molecule has 0 amide bonds. The van der Waals surface area contributed by atoms with Gasteiger partial charge in [-0.2, -0.15) is 0 Å². The van der Waals surface area contributed by atoms with E-state index >= 15 is 0 Å². The van der Waals surface area contributed by atoms with Crippen LogP contribution in [0.5, 0.6) is 0 Å². The molecule has 0 saturated heterocycles. The van der Waals surface area contributed by atoms with Gasteiger partial charge in [0.25, 0.3) is 0 Å².